The predicted molar refractivity (Wildman–Crippen MR) is 66.0 cm³/mol. The zero-order chi connectivity index (χ0) is 12.1. The van der Waals surface area contributed by atoms with Gasteiger partial charge in [-0.05, 0) is 38.5 Å². The first-order valence-corrected chi connectivity index (χ1v) is 7.15. The lowest BCUT2D eigenvalue weighted by Crippen LogP contribution is -2.35. The number of nitrogens with zero attached hydrogens (tertiary/aromatic N) is 3. The summed E-state index contributed by atoms with van der Waals surface area (Å²) in [5.41, 5.74) is 0. The third-order valence-corrected chi connectivity index (χ3v) is 4.40. The summed E-state index contributed by atoms with van der Waals surface area (Å²) < 4.78 is 8.25. The molecule has 3 heterocycles. The van der Waals surface area contributed by atoms with Crippen molar-refractivity contribution < 1.29 is 4.74 Å². The van der Waals surface area contributed by atoms with E-state index in [1.807, 2.05) is 0 Å². The number of aromatic nitrogens is 3. The van der Waals surface area contributed by atoms with E-state index >= 15 is 0 Å². The van der Waals surface area contributed by atoms with Crippen LogP contribution in [-0.4, -0.2) is 27.4 Å². The van der Waals surface area contributed by atoms with Gasteiger partial charge < -0.3 is 14.6 Å². The first-order valence-electron chi connectivity index (χ1n) is 7.15. The van der Waals surface area contributed by atoms with Crippen molar-refractivity contribution in [2.75, 3.05) is 6.54 Å². The summed E-state index contributed by atoms with van der Waals surface area (Å²) in [7, 11) is 0. The van der Waals surface area contributed by atoms with E-state index < -0.39 is 0 Å². The molecule has 1 saturated carbocycles. The summed E-state index contributed by atoms with van der Waals surface area (Å²) in [5.74, 6) is 2.98. The van der Waals surface area contributed by atoms with Gasteiger partial charge in [-0.3, -0.25) is 0 Å². The molecule has 3 atom stereocenters. The van der Waals surface area contributed by atoms with Crippen LogP contribution in [0.5, 0.6) is 0 Å². The maximum Gasteiger partial charge on any atom is 0.162 e. The second kappa shape index (κ2) is 4.03. The Labute approximate surface area is 107 Å². The van der Waals surface area contributed by atoms with E-state index in [1.54, 1.807) is 0 Å². The zero-order valence-corrected chi connectivity index (χ0v) is 10.8. The van der Waals surface area contributed by atoms with Crippen molar-refractivity contribution in [3.05, 3.63) is 11.6 Å². The van der Waals surface area contributed by atoms with E-state index in [-0.39, 0.29) is 6.10 Å². The van der Waals surface area contributed by atoms with Crippen LogP contribution in [0, 0.1) is 5.92 Å². The molecule has 2 fully saturated rings. The zero-order valence-electron chi connectivity index (χ0n) is 10.8. The Morgan fingerprint density at radius 2 is 2.00 bits per heavy atom. The summed E-state index contributed by atoms with van der Waals surface area (Å²) >= 11 is 0. The van der Waals surface area contributed by atoms with E-state index in [0.717, 1.165) is 43.5 Å². The minimum Gasteiger partial charge on any atom is -0.367 e. The summed E-state index contributed by atoms with van der Waals surface area (Å²) in [6, 6.07) is 0.429. The van der Waals surface area contributed by atoms with Crippen LogP contribution in [0.2, 0.25) is 0 Å². The molecular weight excluding hydrogens is 228 g/mol. The Hall–Kier alpha value is -0.940. The lowest BCUT2D eigenvalue weighted by Gasteiger charge is -2.25. The molecule has 1 aromatic rings. The first-order chi connectivity index (χ1) is 8.83. The second-order valence-corrected chi connectivity index (χ2v) is 5.85. The van der Waals surface area contributed by atoms with Crippen molar-refractivity contribution in [1.29, 1.82) is 0 Å². The summed E-state index contributed by atoms with van der Waals surface area (Å²) in [6.07, 6.45) is 5.41. The average molecular weight is 248 g/mol. The minimum atomic E-state index is 0.166. The van der Waals surface area contributed by atoms with Gasteiger partial charge in [-0.15, -0.1) is 10.2 Å². The van der Waals surface area contributed by atoms with E-state index in [1.165, 1.54) is 12.8 Å². The van der Waals surface area contributed by atoms with Crippen LogP contribution in [0.3, 0.4) is 0 Å². The van der Waals surface area contributed by atoms with E-state index in [4.69, 9.17) is 4.74 Å². The normalized spacial score (nSPS) is 35.7. The van der Waals surface area contributed by atoms with Crippen molar-refractivity contribution in [3.63, 3.8) is 0 Å². The molecule has 0 bridgehead atoms. The summed E-state index contributed by atoms with van der Waals surface area (Å²) in [4.78, 5) is 0. The van der Waals surface area contributed by atoms with Gasteiger partial charge in [-0.25, -0.2) is 0 Å². The summed E-state index contributed by atoms with van der Waals surface area (Å²) in [5, 5.41) is 12.4. The SMILES string of the molecule is CC1CCC(c2nnc3n2CCNC3C2CC2)O1. The van der Waals surface area contributed by atoms with E-state index in [9.17, 15) is 0 Å². The van der Waals surface area contributed by atoms with Gasteiger partial charge in [0, 0.05) is 13.1 Å². The molecule has 3 unspecified atom stereocenters. The van der Waals surface area contributed by atoms with Crippen molar-refractivity contribution in [2.45, 2.75) is 57.4 Å². The molecule has 3 aliphatic rings. The molecule has 1 aliphatic carbocycles. The van der Waals surface area contributed by atoms with Crippen molar-refractivity contribution >= 4 is 0 Å². The highest BCUT2D eigenvalue weighted by molar-refractivity contribution is 5.10. The molecule has 1 aromatic heterocycles. The number of hydrogen-bond donors (Lipinski definition) is 1. The van der Waals surface area contributed by atoms with Gasteiger partial charge in [0.1, 0.15) is 6.10 Å². The third-order valence-electron chi connectivity index (χ3n) is 4.40. The summed E-state index contributed by atoms with van der Waals surface area (Å²) in [6.45, 7) is 4.15. The fourth-order valence-corrected chi connectivity index (χ4v) is 3.25. The monoisotopic (exact) mass is 248 g/mol. The minimum absolute atomic E-state index is 0.166. The Morgan fingerprint density at radius 1 is 1.17 bits per heavy atom. The highest BCUT2D eigenvalue weighted by Crippen LogP contribution is 2.42. The van der Waals surface area contributed by atoms with Gasteiger partial charge in [0.2, 0.25) is 0 Å². The highest BCUT2D eigenvalue weighted by atomic mass is 16.5. The molecule has 1 N–H and O–H groups in total. The Balaban J connectivity index is 1.65. The standard InChI is InChI=1S/C13H20N4O/c1-8-2-5-10(18-8)12-15-16-13-11(9-3-4-9)14-6-7-17(12)13/h8-11,14H,2-7H2,1H3. The second-order valence-electron chi connectivity index (χ2n) is 5.85. The van der Waals surface area contributed by atoms with Gasteiger partial charge >= 0.3 is 0 Å². The van der Waals surface area contributed by atoms with Crippen molar-refractivity contribution in [2.24, 2.45) is 5.92 Å². The van der Waals surface area contributed by atoms with Crippen LogP contribution < -0.4 is 5.32 Å². The Bertz CT molecular complexity index is 454. The molecule has 2 aliphatic heterocycles. The molecule has 18 heavy (non-hydrogen) atoms. The van der Waals surface area contributed by atoms with Crippen LogP contribution in [0.25, 0.3) is 0 Å². The third kappa shape index (κ3) is 1.68. The number of nitrogens with one attached hydrogen (secondary N) is 1. The number of fused-ring (bicyclic) bond motifs is 1. The van der Waals surface area contributed by atoms with Gasteiger partial charge in [0.15, 0.2) is 11.6 Å². The average Bonchev–Trinajstić information content (AvgIpc) is 2.99. The van der Waals surface area contributed by atoms with Gasteiger partial charge in [0.05, 0.1) is 12.1 Å². The van der Waals surface area contributed by atoms with Gasteiger partial charge in [0.25, 0.3) is 0 Å². The number of ether oxygens (including phenoxy) is 1. The number of rotatable bonds is 2. The Kier molecular flexibility index (Phi) is 2.45. The fraction of sp³-hybridized carbons (Fsp3) is 0.846. The molecule has 0 radical (unpaired) electrons. The van der Waals surface area contributed by atoms with Crippen molar-refractivity contribution in [1.82, 2.24) is 20.1 Å². The van der Waals surface area contributed by atoms with Gasteiger partial charge in [-0.2, -0.15) is 0 Å². The molecule has 0 aromatic carbocycles. The largest absolute Gasteiger partial charge is 0.367 e. The highest BCUT2D eigenvalue weighted by Gasteiger charge is 2.39. The van der Waals surface area contributed by atoms with Crippen LogP contribution in [0.15, 0.2) is 0 Å². The lowest BCUT2D eigenvalue weighted by molar-refractivity contribution is 0.0474. The van der Waals surface area contributed by atoms with Crippen LogP contribution >= 0.6 is 0 Å². The fourth-order valence-electron chi connectivity index (χ4n) is 3.25. The molecule has 4 rings (SSSR count). The topological polar surface area (TPSA) is 52.0 Å². The molecule has 5 nitrogen and oxygen atoms in total. The maximum absolute atomic E-state index is 5.94. The van der Waals surface area contributed by atoms with Crippen molar-refractivity contribution in [3.8, 4) is 0 Å². The Morgan fingerprint density at radius 3 is 2.72 bits per heavy atom. The molecule has 0 amide bonds. The maximum atomic E-state index is 5.94. The van der Waals surface area contributed by atoms with Crippen LogP contribution in [-0.2, 0) is 11.3 Å². The molecule has 98 valence electrons. The number of hydrogen-bond acceptors (Lipinski definition) is 4. The molecule has 5 heteroatoms. The van der Waals surface area contributed by atoms with E-state index in [0.29, 0.717) is 12.1 Å². The van der Waals surface area contributed by atoms with Gasteiger partial charge in [-0.1, -0.05) is 0 Å². The quantitative estimate of drug-likeness (QED) is 0.863. The first kappa shape index (κ1) is 10.9. The van der Waals surface area contributed by atoms with Crippen LogP contribution in [0.4, 0.5) is 0 Å². The van der Waals surface area contributed by atoms with Crippen LogP contribution in [0.1, 0.15) is 56.4 Å². The molecular formula is C13H20N4O. The molecule has 0 spiro atoms. The smallest absolute Gasteiger partial charge is 0.162 e. The molecule has 1 saturated heterocycles. The lowest BCUT2D eigenvalue weighted by atomic mass is 10.1. The predicted octanol–water partition coefficient (Wildman–Crippen LogP) is 1.57. The van der Waals surface area contributed by atoms with E-state index in [2.05, 4.69) is 27.0 Å².